The molecule has 1 atom stereocenters. The van der Waals surface area contributed by atoms with Crippen LogP contribution >= 0.6 is 0 Å². The fraction of sp³-hybridized carbons (Fsp3) is 0.312. The van der Waals surface area contributed by atoms with Gasteiger partial charge in [0, 0.05) is 13.1 Å². The molecule has 3 rings (SSSR count). The van der Waals surface area contributed by atoms with Gasteiger partial charge in [0.15, 0.2) is 0 Å². The Morgan fingerprint density at radius 2 is 1.80 bits per heavy atom. The first-order valence-electron chi connectivity index (χ1n) is 6.79. The van der Waals surface area contributed by atoms with Gasteiger partial charge < -0.3 is 9.84 Å². The zero-order valence-electron chi connectivity index (χ0n) is 11.2. The van der Waals surface area contributed by atoms with Crippen molar-refractivity contribution in [2.45, 2.75) is 6.04 Å². The molecule has 0 aliphatic carbocycles. The molecule has 1 aliphatic rings. The Bertz CT molecular complexity index is 620. The fourth-order valence-electron chi connectivity index (χ4n) is 2.72. The monoisotopic (exact) mass is 271 g/mol. The molecule has 1 N–H and O–H groups in total. The topological polar surface area (TPSA) is 49.8 Å². The number of morpholine rings is 1. The summed E-state index contributed by atoms with van der Waals surface area (Å²) < 4.78 is 5.30. The van der Waals surface area contributed by atoms with Crippen LogP contribution in [0.1, 0.15) is 11.6 Å². The zero-order valence-corrected chi connectivity index (χ0v) is 11.2. The van der Waals surface area contributed by atoms with Gasteiger partial charge in [-0.1, -0.05) is 36.4 Å². The zero-order chi connectivity index (χ0) is 13.9. The molecule has 0 bridgehead atoms. The molecule has 0 aromatic heterocycles. The molecule has 1 unspecified atom stereocenters. The van der Waals surface area contributed by atoms with Crippen molar-refractivity contribution >= 4 is 16.7 Å². The minimum absolute atomic E-state index is 0.594. The third kappa shape index (κ3) is 2.53. The molecule has 4 nitrogen and oxygen atoms in total. The third-order valence-corrected chi connectivity index (χ3v) is 3.73. The number of carboxylic acids is 1. The van der Waals surface area contributed by atoms with E-state index in [1.807, 2.05) is 47.4 Å². The lowest BCUT2D eigenvalue weighted by Crippen LogP contribution is -2.42. The number of rotatable bonds is 3. The van der Waals surface area contributed by atoms with E-state index < -0.39 is 12.0 Å². The highest BCUT2D eigenvalue weighted by Gasteiger charge is 2.28. The predicted octanol–water partition coefficient (Wildman–Crippen LogP) is 2.30. The summed E-state index contributed by atoms with van der Waals surface area (Å²) in [5, 5.41) is 11.8. The predicted molar refractivity (Wildman–Crippen MR) is 76.7 cm³/mol. The van der Waals surface area contributed by atoms with Gasteiger partial charge in [0.1, 0.15) is 6.04 Å². The van der Waals surface area contributed by atoms with Crippen LogP contribution in [0.3, 0.4) is 0 Å². The quantitative estimate of drug-likeness (QED) is 0.930. The van der Waals surface area contributed by atoms with Crippen molar-refractivity contribution in [3.8, 4) is 0 Å². The molecular weight excluding hydrogens is 254 g/mol. The van der Waals surface area contributed by atoms with E-state index in [4.69, 9.17) is 4.74 Å². The molecule has 1 aliphatic heterocycles. The fourth-order valence-corrected chi connectivity index (χ4v) is 2.72. The van der Waals surface area contributed by atoms with E-state index in [2.05, 4.69) is 0 Å². The number of nitrogens with zero attached hydrogens (tertiary/aromatic N) is 1. The number of ether oxygens (including phenoxy) is 1. The van der Waals surface area contributed by atoms with Gasteiger partial charge in [0.25, 0.3) is 0 Å². The van der Waals surface area contributed by atoms with E-state index in [1.165, 1.54) is 0 Å². The SMILES string of the molecule is O=C(O)C(c1ccc2ccccc2c1)N1CCOCC1. The lowest BCUT2D eigenvalue weighted by Gasteiger charge is -2.32. The van der Waals surface area contributed by atoms with E-state index >= 15 is 0 Å². The van der Waals surface area contributed by atoms with Crippen LogP contribution in [0.25, 0.3) is 10.8 Å². The highest BCUT2D eigenvalue weighted by molar-refractivity contribution is 5.85. The van der Waals surface area contributed by atoms with Gasteiger partial charge in [0.05, 0.1) is 13.2 Å². The molecule has 20 heavy (non-hydrogen) atoms. The van der Waals surface area contributed by atoms with Crippen molar-refractivity contribution in [1.29, 1.82) is 0 Å². The number of hydrogen-bond acceptors (Lipinski definition) is 3. The number of hydrogen-bond donors (Lipinski definition) is 1. The Kier molecular flexibility index (Phi) is 3.67. The summed E-state index contributed by atoms with van der Waals surface area (Å²) >= 11 is 0. The Balaban J connectivity index is 1.98. The van der Waals surface area contributed by atoms with E-state index in [0.29, 0.717) is 26.3 Å². The smallest absolute Gasteiger partial charge is 0.325 e. The minimum atomic E-state index is -0.804. The van der Waals surface area contributed by atoms with Crippen LogP contribution in [0.15, 0.2) is 42.5 Å². The molecule has 4 heteroatoms. The molecule has 1 saturated heterocycles. The Morgan fingerprint density at radius 3 is 2.50 bits per heavy atom. The highest BCUT2D eigenvalue weighted by atomic mass is 16.5. The van der Waals surface area contributed by atoms with Crippen molar-refractivity contribution in [3.63, 3.8) is 0 Å². The van der Waals surface area contributed by atoms with E-state index in [9.17, 15) is 9.90 Å². The molecule has 0 spiro atoms. The molecule has 1 fully saturated rings. The van der Waals surface area contributed by atoms with Crippen LogP contribution in [-0.2, 0) is 9.53 Å². The van der Waals surface area contributed by atoms with Gasteiger partial charge >= 0.3 is 5.97 Å². The second kappa shape index (κ2) is 5.61. The number of benzene rings is 2. The molecule has 0 amide bonds. The molecule has 1 heterocycles. The van der Waals surface area contributed by atoms with Gasteiger partial charge in [-0.3, -0.25) is 9.69 Å². The van der Waals surface area contributed by atoms with Gasteiger partial charge in [-0.15, -0.1) is 0 Å². The van der Waals surface area contributed by atoms with Crippen LogP contribution in [-0.4, -0.2) is 42.3 Å². The van der Waals surface area contributed by atoms with Crippen LogP contribution in [0.5, 0.6) is 0 Å². The standard InChI is InChI=1S/C16H17NO3/c18-16(19)15(17-7-9-20-10-8-17)14-6-5-12-3-1-2-4-13(12)11-14/h1-6,11,15H,7-10H2,(H,18,19). The van der Waals surface area contributed by atoms with Crippen molar-refractivity contribution in [1.82, 2.24) is 4.90 Å². The van der Waals surface area contributed by atoms with Gasteiger partial charge in [-0.25, -0.2) is 0 Å². The first-order valence-corrected chi connectivity index (χ1v) is 6.79. The second-order valence-corrected chi connectivity index (χ2v) is 5.00. The second-order valence-electron chi connectivity index (χ2n) is 5.00. The van der Waals surface area contributed by atoms with Crippen LogP contribution in [0.2, 0.25) is 0 Å². The van der Waals surface area contributed by atoms with Crippen LogP contribution in [0, 0.1) is 0 Å². The van der Waals surface area contributed by atoms with Crippen LogP contribution < -0.4 is 0 Å². The molecule has 2 aromatic carbocycles. The van der Waals surface area contributed by atoms with Gasteiger partial charge in [0.2, 0.25) is 0 Å². The number of aliphatic carboxylic acids is 1. The lowest BCUT2D eigenvalue weighted by atomic mass is 10.0. The summed E-state index contributed by atoms with van der Waals surface area (Å²) in [7, 11) is 0. The van der Waals surface area contributed by atoms with E-state index in [1.54, 1.807) is 0 Å². The molecule has 0 radical (unpaired) electrons. The molecule has 104 valence electrons. The molecule has 2 aromatic rings. The first kappa shape index (κ1) is 13.1. The lowest BCUT2D eigenvalue weighted by molar-refractivity contribution is -0.145. The Hall–Kier alpha value is -1.91. The van der Waals surface area contributed by atoms with Crippen molar-refractivity contribution < 1.29 is 14.6 Å². The van der Waals surface area contributed by atoms with E-state index in [0.717, 1.165) is 16.3 Å². The summed E-state index contributed by atoms with van der Waals surface area (Å²) in [6.07, 6.45) is 0. The summed E-state index contributed by atoms with van der Waals surface area (Å²) in [6.45, 7) is 2.50. The summed E-state index contributed by atoms with van der Waals surface area (Å²) in [4.78, 5) is 13.6. The maximum Gasteiger partial charge on any atom is 0.325 e. The van der Waals surface area contributed by atoms with Gasteiger partial charge in [-0.2, -0.15) is 0 Å². The minimum Gasteiger partial charge on any atom is -0.480 e. The van der Waals surface area contributed by atoms with Crippen molar-refractivity contribution in [2.24, 2.45) is 0 Å². The van der Waals surface area contributed by atoms with Gasteiger partial charge in [-0.05, 0) is 22.4 Å². The van der Waals surface area contributed by atoms with Crippen LogP contribution in [0.4, 0.5) is 0 Å². The largest absolute Gasteiger partial charge is 0.480 e. The maximum atomic E-state index is 11.7. The third-order valence-electron chi connectivity index (χ3n) is 3.73. The van der Waals surface area contributed by atoms with Crippen molar-refractivity contribution in [3.05, 3.63) is 48.0 Å². The Labute approximate surface area is 117 Å². The summed E-state index contributed by atoms with van der Waals surface area (Å²) in [6, 6.07) is 13.3. The average Bonchev–Trinajstić information content (AvgIpc) is 2.48. The number of carboxylic acid groups (broad SMARTS) is 1. The first-order chi connectivity index (χ1) is 9.75. The molecular formula is C16H17NO3. The Morgan fingerprint density at radius 1 is 1.10 bits per heavy atom. The highest BCUT2D eigenvalue weighted by Crippen LogP contribution is 2.25. The number of carbonyl (C=O) groups is 1. The number of fused-ring (bicyclic) bond motifs is 1. The van der Waals surface area contributed by atoms with E-state index in [-0.39, 0.29) is 0 Å². The maximum absolute atomic E-state index is 11.7. The molecule has 0 saturated carbocycles. The normalized spacial score (nSPS) is 18.0. The summed E-state index contributed by atoms with van der Waals surface area (Å²) in [5.41, 5.74) is 0.832. The average molecular weight is 271 g/mol. The van der Waals surface area contributed by atoms with Crippen molar-refractivity contribution in [2.75, 3.05) is 26.3 Å². The summed E-state index contributed by atoms with van der Waals surface area (Å²) in [5.74, 6) is -0.804.